The van der Waals surface area contributed by atoms with Gasteiger partial charge in [-0.1, -0.05) is 61.1 Å². The third kappa shape index (κ3) is 6.14. The molecular weight excluding hydrogens is 684 g/mol. The quantitative estimate of drug-likeness (QED) is 0.179. The number of benzene rings is 3. The Labute approximate surface area is 296 Å². The summed E-state index contributed by atoms with van der Waals surface area (Å²) in [6, 6.07) is 20.1. The third-order valence-electron chi connectivity index (χ3n) is 10.6. The van der Waals surface area contributed by atoms with Crippen LogP contribution >= 0.6 is 11.6 Å². The van der Waals surface area contributed by atoms with Crippen molar-refractivity contribution in [1.82, 2.24) is 0 Å². The maximum atomic E-state index is 14.9. The van der Waals surface area contributed by atoms with E-state index < -0.39 is 56.4 Å². The summed E-state index contributed by atoms with van der Waals surface area (Å²) >= 11 is 6.56. The van der Waals surface area contributed by atoms with Crippen molar-refractivity contribution in [2.75, 3.05) is 23.9 Å². The second-order valence-electron chi connectivity index (χ2n) is 13.8. The highest BCUT2D eigenvalue weighted by Crippen LogP contribution is 2.60. The number of carbonyl (C=O) groups excluding carboxylic acids is 2. The van der Waals surface area contributed by atoms with Crippen LogP contribution in [0.15, 0.2) is 66.7 Å². The average Bonchev–Trinajstić information content (AvgIpc) is 3.51. The van der Waals surface area contributed by atoms with Gasteiger partial charge in [-0.25, -0.2) is 0 Å². The molecule has 0 aromatic heterocycles. The van der Waals surface area contributed by atoms with E-state index >= 15 is 0 Å². The molecule has 268 valence electrons. The number of methoxy groups -OCH3 is 1. The second-order valence-corrected chi connectivity index (χ2v) is 19.0. The van der Waals surface area contributed by atoms with Gasteiger partial charge in [0, 0.05) is 28.8 Å². The van der Waals surface area contributed by atoms with Gasteiger partial charge in [0.2, 0.25) is 0 Å². The number of carbonyl (C=O) groups is 2. The number of fused-ring (bicyclic) bond motifs is 2. The number of nitrogens with one attached hydrogen (secondary N) is 1. The number of aliphatic hydroxyl groups excluding tert-OH is 5. The van der Waals surface area contributed by atoms with Crippen molar-refractivity contribution in [2.24, 2.45) is 5.92 Å². The summed E-state index contributed by atoms with van der Waals surface area (Å²) in [4.78, 5) is 29.5. The van der Waals surface area contributed by atoms with Crippen LogP contribution in [-0.4, -0.2) is 95.9 Å². The molecule has 3 aliphatic heterocycles. The first-order valence-corrected chi connectivity index (χ1v) is 20.0. The molecule has 9 atom stereocenters. The minimum Gasteiger partial charge on any atom is -0.497 e. The molecule has 3 heterocycles. The predicted octanol–water partition coefficient (Wildman–Crippen LogP) is 2.23. The average molecular weight is 727 g/mol. The molecule has 6 rings (SSSR count). The molecule has 3 aromatic carbocycles. The maximum Gasteiger partial charge on any atom is 0.264 e. The SMILES string of the molecule is COc1ccc([Si](C)(C)[C@H]2[C@H](CCO)O[C@@]3(C(=O)N(Cc4cccc(NC(=O)[C@H]5O[C@@H](O)[C@H](O)[C@@H](O)[C@@H]5O)c4)c4ccc(Cl)cc43)[C@@H]2C)cc1. The molecule has 1 spiro atoms. The van der Waals surface area contributed by atoms with Crippen LogP contribution in [0.5, 0.6) is 5.75 Å². The summed E-state index contributed by atoms with van der Waals surface area (Å²) < 4.78 is 17.4. The molecule has 0 radical (unpaired) electrons. The minimum atomic E-state index is -2.36. The molecule has 2 amide bonds. The highest BCUT2D eigenvalue weighted by Gasteiger charge is 2.66. The van der Waals surface area contributed by atoms with Crippen molar-refractivity contribution >= 4 is 48.1 Å². The van der Waals surface area contributed by atoms with E-state index in [0.29, 0.717) is 33.9 Å². The molecule has 3 aromatic rings. The smallest absolute Gasteiger partial charge is 0.264 e. The molecule has 2 saturated heterocycles. The number of nitrogens with zero attached hydrogens (tertiary/aromatic N) is 1. The summed E-state index contributed by atoms with van der Waals surface area (Å²) in [7, 11) is -0.738. The maximum absolute atomic E-state index is 14.9. The first-order chi connectivity index (χ1) is 23.7. The Morgan fingerprint density at radius 1 is 1.02 bits per heavy atom. The largest absolute Gasteiger partial charge is 0.497 e. The molecule has 0 saturated carbocycles. The van der Waals surface area contributed by atoms with E-state index in [4.69, 9.17) is 25.8 Å². The van der Waals surface area contributed by atoms with Crippen LogP contribution < -0.4 is 20.1 Å². The molecule has 6 N–H and O–H groups in total. The van der Waals surface area contributed by atoms with Gasteiger partial charge in [-0.3, -0.25) is 9.59 Å². The molecule has 0 bridgehead atoms. The highest BCUT2D eigenvalue weighted by molar-refractivity contribution is 6.91. The van der Waals surface area contributed by atoms with Gasteiger partial charge < -0.3 is 50.0 Å². The Bertz CT molecular complexity index is 1740. The van der Waals surface area contributed by atoms with Gasteiger partial charge in [0.1, 0.15) is 24.1 Å². The van der Waals surface area contributed by atoms with Gasteiger partial charge in [0.15, 0.2) is 18.0 Å². The van der Waals surface area contributed by atoms with Crippen molar-refractivity contribution in [2.45, 2.75) is 80.9 Å². The number of ether oxygens (including phenoxy) is 3. The fourth-order valence-corrected chi connectivity index (χ4v) is 12.3. The van der Waals surface area contributed by atoms with Gasteiger partial charge >= 0.3 is 0 Å². The van der Waals surface area contributed by atoms with E-state index in [9.17, 15) is 35.1 Å². The Hall–Kier alpha value is -3.37. The fraction of sp³-hybridized carbons (Fsp3) is 0.444. The summed E-state index contributed by atoms with van der Waals surface area (Å²) in [5.41, 5.74) is 0.892. The normalized spacial score (nSPS) is 30.8. The van der Waals surface area contributed by atoms with Crippen molar-refractivity contribution in [3.8, 4) is 5.75 Å². The first kappa shape index (κ1) is 36.4. The number of amides is 2. The Morgan fingerprint density at radius 2 is 1.74 bits per heavy atom. The molecule has 50 heavy (non-hydrogen) atoms. The standard InChI is InChI=1S/C36H43ClN2O10Si/c1-19-32(50(3,4)24-11-9-23(47-2)10-12-24)27(14-15-40)49-36(19)25-17-21(37)8-13-26(25)39(35(36)46)18-20-6-5-7-22(16-20)38-33(44)31-29(42)28(41)30(43)34(45)48-31/h5-13,16-17,19,27-32,34,40-43,45H,14-15,18H2,1-4H3,(H,38,44)/t19-,27+,28+,29+,30-,31+,32-,34-,36+/m1/s1. The van der Waals surface area contributed by atoms with Crippen molar-refractivity contribution in [3.05, 3.63) is 82.9 Å². The third-order valence-corrected chi connectivity index (χ3v) is 15.2. The van der Waals surface area contributed by atoms with Crippen LogP contribution in [-0.2, 0) is 31.2 Å². The van der Waals surface area contributed by atoms with E-state index in [0.717, 1.165) is 5.75 Å². The lowest BCUT2D eigenvalue weighted by atomic mass is 9.82. The zero-order chi connectivity index (χ0) is 36.1. The minimum absolute atomic E-state index is 0.0483. The fourth-order valence-electron chi connectivity index (χ4n) is 8.06. The number of anilines is 2. The lowest BCUT2D eigenvalue weighted by Gasteiger charge is -2.37. The molecule has 2 fully saturated rings. The van der Waals surface area contributed by atoms with Crippen LogP contribution in [0.25, 0.3) is 0 Å². The van der Waals surface area contributed by atoms with Crippen LogP contribution in [0.1, 0.15) is 24.5 Å². The van der Waals surface area contributed by atoms with E-state index in [1.165, 1.54) is 5.19 Å². The first-order valence-electron chi connectivity index (χ1n) is 16.6. The van der Waals surface area contributed by atoms with E-state index in [2.05, 4.69) is 37.5 Å². The van der Waals surface area contributed by atoms with Gasteiger partial charge in [-0.15, -0.1) is 0 Å². The summed E-state index contributed by atoms with van der Waals surface area (Å²) in [6.07, 6.45) is -8.88. The molecule has 0 aliphatic carbocycles. The van der Waals surface area contributed by atoms with Gasteiger partial charge in [0.05, 0.1) is 33.5 Å². The van der Waals surface area contributed by atoms with Crippen molar-refractivity contribution in [3.63, 3.8) is 0 Å². The molecule has 12 nitrogen and oxygen atoms in total. The monoisotopic (exact) mass is 726 g/mol. The van der Waals surface area contributed by atoms with Gasteiger partial charge in [-0.2, -0.15) is 0 Å². The highest BCUT2D eigenvalue weighted by atomic mass is 35.5. The number of aliphatic hydroxyl groups is 5. The number of hydrogen-bond acceptors (Lipinski definition) is 10. The Morgan fingerprint density at radius 3 is 2.42 bits per heavy atom. The Kier molecular flexibility index (Phi) is 10.2. The van der Waals surface area contributed by atoms with Crippen LogP contribution in [0.2, 0.25) is 23.7 Å². The van der Waals surface area contributed by atoms with Gasteiger partial charge in [0.25, 0.3) is 11.8 Å². The summed E-state index contributed by atoms with van der Waals surface area (Å²) in [5, 5.41) is 54.4. The molecule has 14 heteroatoms. The summed E-state index contributed by atoms with van der Waals surface area (Å²) in [5.74, 6) is -0.617. The lowest BCUT2D eigenvalue weighted by molar-refractivity contribution is -0.274. The lowest BCUT2D eigenvalue weighted by Crippen LogP contribution is -2.60. The van der Waals surface area contributed by atoms with Crippen molar-refractivity contribution in [1.29, 1.82) is 0 Å². The van der Waals surface area contributed by atoms with E-state index in [-0.39, 0.29) is 30.5 Å². The van der Waals surface area contributed by atoms with Gasteiger partial charge in [-0.05, 0) is 60.0 Å². The van der Waals surface area contributed by atoms with E-state index in [1.54, 1.807) is 54.5 Å². The van der Waals surface area contributed by atoms with Crippen LogP contribution in [0.4, 0.5) is 11.4 Å². The predicted molar refractivity (Wildman–Crippen MR) is 188 cm³/mol. The summed E-state index contributed by atoms with van der Waals surface area (Å²) in [6.45, 7) is 6.60. The topological polar surface area (TPSA) is 178 Å². The zero-order valence-corrected chi connectivity index (χ0v) is 29.9. The number of hydrogen-bond donors (Lipinski definition) is 6. The number of halogens is 1. The zero-order valence-electron chi connectivity index (χ0n) is 28.2. The van der Waals surface area contributed by atoms with Crippen LogP contribution in [0, 0.1) is 5.92 Å². The Balaban J connectivity index is 1.30. The molecular formula is C36H43ClN2O10Si. The number of rotatable bonds is 9. The van der Waals surface area contributed by atoms with Crippen LogP contribution in [0.3, 0.4) is 0 Å². The van der Waals surface area contributed by atoms with Crippen molar-refractivity contribution < 1.29 is 49.3 Å². The molecule has 3 aliphatic rings. The van der Waals surface area contributed by atoms with E-state index in [1.807, 2.05) is 12.1 Å². The second kappa shape index (κ2) is 14.0. The molecule has 0 unspecified atom stereocenters.